The number of aliphatic hydroxyl groups excluding tert-OH is 1. The Bertz CT molecular complexity index is 188. The number of quaternary nitrogens is 1. The Hall–Kier alpha value is 0.560. The summed E-state index contributed by atoms with van der Waals surface area (Å²) >= 11 is 1.80. The second-order valence-corrected chi connectivity index (χ2v) is 8.21. The first-order valence-corrected chi connectivity index (χ1v) is 11.8. The molecule has 0 unspecified atom stereocenters. The number of nitrogens with zero attached hydrogens (tertiary/aromatic N) is 1. The van der Waals surface area contributed by atoms with Gasteiger partial charge < -0.3 is 22.0 Å². The van der Waals surface area contributed by atoms with Gasteiger partial charge in [-0.05, 0) is 37.9 Å². The van der Waals surface area contributed by atoms with E-state index in [0.29, 0.717) is 6.61 Å². The van der Waals surface area contributed by atoms with Crippen LogP contribution in [-0.2, 0) is 0 Å². The van der Waals surface area contributed by atoms with E-state index in [4.69, 9.17) is 5.11 Å². The van der Waals surface area contributed by atoms with E-state index >= 15 is 0 Å². The molecule has 0 aromatic heterocycles. The summed E-state index contributed by atoms with van der Waals surface area (Å²) in [7, 11) is 0. The highest BCUT2D eigenvalue weighted by molar-refractivity contribution is 7.99. The van der Waals surface area contributed by atoms with Crippen molar-refractivity contribution in [3.63, 3.8) is 0 Å². The molecule has 0 aliphatic rings. The van der Waals surface area contributed by atoms with Crippen molar-refractivity contribution >= 4 is 11.8 Å². The number of rotatable bonds is 16. The minimum absolute atomic E-state index is 0. The zero-order valence-corrected chi connectivity index (χ0v) is 19.6. The monoisotopic (exact) mass is 397 g/mol. The van der Waals surface area contributed by atoms with E-state index in [1.807, 2.05) is 0 Å². The van der Waals surface area contributed by atoms with Gasteiger partial charge in [-0.15, -0.1) is 0 Å². The third-order valence-corrected chi connectivity index (χ3v) is 5.70. The van der Waals surface area contributed by atoms with Crippen LogP contribution in [0.25, 0.3) is 0 Å². The summed E-state index contributed by atoms with van der Waals surface area (Å²) in [5, 5.41) is 8.27. The van der Waals surface area contributed by atoms with E-state index in [9.17, 15) is 0 Å². The molecule has 1 N–H and O–H groups in total. The van der Waals surface area contributed by atoms with Gasteiger partial charge in [-0.25, -0.2) is 0 Å². The van der Waals surface area contributed by atoms with Gasteiger partial charge in [0.25, 0.3) is 0 Å². The third kappa shape index (κ3) is 20.7. The van der Waals surface area contributed by atoms with Crippen molar-refractivity contribution in [2.75, 3.05) is 44.3 Å². The predicted octanol–water partition coefficient (Wildman–Crippen LogP) is 3.13. The molecule has 0 amide bonds. The van der Waals surface area contributed by atoms with Crippen LogP contribution >= 0.6 is 11.8 Å². The van der Waals surface area contributed by atoms with Crippen molar-refractivity contribution in [3.8, 4) is 0 Å². The topological polar surface area (TPSA) is 20.2 Å². The maximum Gasteiger partial charge on any atom is 0.0786 e. The molecule has 0 aromatic carbocycles. The molecule has 156 valence electrons. The van der Waals surface area contributed by atoms with Crippen molar-refractivity contribution in [1.29, 1.82) is 0 Å². The molecule has 4 heteroatoms. The number of thioether (sulfide) groups is 1. The highest BCUT2D eigenvalue weighted by Gasteiger charge is 2.24. The van der Waals surface area contributed by atoms with Gasteiger partial charge in [0.15, 0.2) is 0 Å². The predicted molar refractivity (Wildman–Crippen MR) is 114 cm³/mol. The van der Waals surface area contributed by atoms with Crippen molar-refractivity contribution in [3.05, 3.63) is 0 Å². The second-order valence-electron chi connectivity index (χ2n) is 6.99. The summed E-state index contributed by atoms with van der Waals surface area (Å²) in [5.74, 6) is 2.08. The smallest absolute Gasteiger partial charge is 0.0786 e. The molecule has 0 aromatic rings. The lowest BCUT2D eigenvalue weighted by atomic mass is 10.1. The van der Waals surface area contributed by atoms with Gasteiger partial charge in [0.1, 0.15) is 0 Å². The van der Waals surface area contributed by atoms with E-state index in [0.717, 1.165) is 5.75 Å². The summed E-state index contributed by atoms with van der Waals surface area (Å²) < 4.78 is 1.42. The lowest BCUT2D eigenvalue weighted by Crippen LogP contribution is -3.00. The van der Waals surface area contributed by atoms with Crippen molar-refractivity contribution in [2.24, 2.45) is 0 Å². The van der Waals surface area contributed by atoms with E-state index in [1.165, 1.54) is 94.2 Å². The van der Waals surface area contributed by atoms with Crippen LogP contribution in [0.3, 0.4) is 0 Å². The first kappa shape index (κ1) is 30.3. The first-order chi connectivity index (χ1) is 11.7. The average molecular weight is 398 g/mol. The molecule has 0 fully saturated rings. The van der Waals surface area contributed by atoms with E-state index in [1.54, 1.807) is 11.8 Å². The summed E-state index contributed by atoms with van der Waals surface area (Å²) in [6, 6.07) is 0. The van der Waals surface area contributed by atoms with E-state index in [-0.39, 0.29) is 12.4 Å². The number of hydrogen-bond acceptors (Lipinski definition) is 2. The molecule has 0 aliphatic heterocycles. The van der Waals surface area contributed by atoms with Gasteiger partial charge in [-0.2, -0.15) is 11.8 Å². The number of halogens is 1. The largest absolute Gasteiger partial charge is 1.00 e. The quantitative estimate of drug-likeness (QED) is 0.319. The molecule has 0 spiro atoms. The van der Waals surface area contributed by atoms with Gasteiger partial charge in [-0.1, -0.05) is 60.3 Å². The molecule has 0 saturated heterocycles. The highest BCUT2D eigenvalue weighted by atomic mass is 35.5. The Kier molecular flexibility index (Phi) is 29.8. The number of hydrogen-bond donors (Lipinski definition) is 1. The molecule has 0 aliphatic carbocycles. The van der Waals surface area contributed by atoms with Gasteiger partial charge in [0.2, 0.25) is 0 Å². The van der Waals surface area contributed by atoms with E-state index in [2.05, 4.69) is 34.6 Å². The standard InChI is InChI=1S/C16H36N.C5H12OS.ClH/c1-5-9-13-17(14-10-6-2,15-11-7-3)16-12-8-4;1-2-4-7-5-3-6;/h5-16H2,1-4H3;6H,2-5H2,1H3;1H/q+1;;/p-1. The van der Waals surface area contributed by atoms with Crippen molar-refractivity contribution in [2.45, 2.75) is 92.4 Å². The van der Waals surface area contributed by atoms with Crippen LogP contribution in [0.5, 0.6) is 0 Å². The summed E-state index contributed by atoms with van der Waals surface area (Å²) in [6.45, 7) is 17.5. The molecule has 0 radical (unpaired) electrons. The van der Waals surface area contributed by atoms with E-state index < -0.39 is 0 Å². The van der Waals surface area contributed by atoms with Crippen LogP contribution in [0.4, 0.5) is 0 Å². The van der Waals surface area contributed by atoms with Gasteiger partial charge in [-0.3, -0.25) is 0 Å². The van der Waals surface area contributed by atoms with Crippen LogP contribution < -0.4 is 12.4 Å². The second kappa shape index (κ2) is 24.6. The van der Waals surface area contributed by atoms with Crippen LogP contribution in [0.2, 0.25) is 0 Å². The zero-order chi connectivity index (χ0) is 18.5. The zero-order valence-electron chi connectivity index (χ0n) is 18.0. The fourth-order valence-electron chi connectivity index (χ4n) is 2.96. The Labute approximate surface area is 170 Å². The third-order valence-electron chi connectivity index (χ3n) is 4.53. The summed E-state index contributed by atoms with van der Waals surface area (Å²) in [4.78, 5) is 0. The Morgan fingerprint density at radius 2 is 0.960 bits per heavy atom. The highest BCUT2D eigenvalue weighted by Crippen LogP contribution is 2.16. The maximum absolute atomic E-state index is 8.27. The van der Waals surface area contributed by atoms with Gasteiger partial charge >= 0.3 is 0 Å². The van der Waals surface area contributed by atoms with Crippen molar-refractivity contribution in [1.82, 2.24) is 0 Å². The first-order valence-electron chi connectivity index (χ1n) is 10.7. The molecule has 0 saturated carbocycles. The normalized spacial score (nSPS) is 10.8. The minimum Gasteiger partial charge on any atom is -1.00 e. The van der Waals surface area contributed by atoms with Crippen LogP contribution in [0.1, 0.15) is 92.4 Å². The molecule has 0 atom stereocenters. The lowest BCUT2D eigenvalue weighted by Gasteiger charge is -2.39. The Balaban J connectivity index is -0.000000513. The molecule has 0 rings (SSSR count). The van der Waals surface area contributed by atoms with Crippen LogP contribution in [-0.4, -0.2) is 53.9 Å². The number of aliphatic hydroxyl groups is 1. The fraction of sp³-hybridized carbons (Fsp3) is 1.00. The lowest BCUT2D eigenvalue weighted by molar-refractivity contribution is -0.929. The number of unbranched alkanes of at least 4 members (excludes halogenated alkanes) is 4. The molecule has 0 heterocycles. The average Bonchev–Trinajstić information content (AvgIpc) is 2.61. The molecule has 25 heavy (non-hydrogen) atoms. The van der Waals surface area contributed by atoms with Gasteiger partial charge in [0.05, 0.1) is 32.8 Å². The summed E-state index contributed by atoms with van der Waals surface area (Å²) in [6.07, 6.45) is 12.3. The summed E-state index contributed by atoms with van der Waals surface area (Å²) in [5.41, 5.74) is 0. The molecule has 0 bridgehead atoms. The van der Waals surface area contributed by atoms with Gasteiger partial charge in [0, 0.05) is 5.75 Å². The maximum atomic E-state index is 8.27. The van der Waals surface area contributed by atoms with Crippen LogP contribution in [0, 0.1) is 0 Å². The molecule has 2 nitrogen and oxygen atoms in total. The SMILES string of the molecule is CCCC[N+](CCCC)(CCCC)CCCC.CCCSCCO.[Cl-]. The Morgan fingerprint density at radius 1 is 0.600 bits per heavy atom. The van der Waals surface area contributed by atoms with Crippen LogP contribution in [0.15, 0.2) is 0 Å². The molecular weight excluding hydrogens is 350 g/mol. The fourth-order valence-corrected chi connectivity index (χ4v) is 3.58. The van der Waals surface area contributed by atoms with Crippen molar-refractivity contribution < 1.29 is 22.0 Å². The minimum atomic E-state index is 0. The Morgan fingerprint density at radius 3 is 1.20 bits per heavy atom. The molecular formula is C21H48ClNOS.